The zero-order chi connectivity index (χ0) is 13.5. The number of alkyl carbamates (subject to hydrolysis) is 1. The van der Waals surface area contributed by atoms with Gasteiger partial charge in [-0.15, -0.1) is 0 Å². The Morgan fingerprint density at radius 2 is 2.00 bits per heavy atom. The van der Waals surface area contributed by atoms with E-state index >= 15 is 0 Å². The van der Waals surface area contributed by atoms with E-state index in [9.17, 15) is 4.79 Å². The monoisotopic (exact) mass is 263 g/mol. The summed E-state index contributed by atoms with van der Waals surface area (Å²) in [6.45, 7) is 0.303. The molecule has 0 saturated heterocycles. The number of nitrogens with one attached hydrogen (secondary N) is 1. The van der Waals surface area contributed by atoms with Gasteiger partial charge in [0.2, 0.25) is 0 Å². The van der Waals surface area contributed by atoms with E-state index in [1.54, 1.807) is 7.11 Å². The van der Waals surface area contributed by atoms with Crippen LogP contribution in [-0.4, -0.2) is 25.3 Å². The smallest absolute Gasteiger partial charge is 0.407 e. The van der Waals surface area contributed by atoms with Crippen LogP contribution in [0.3, 0.4) is 0 Å². The van der Waals surface area contributed by atoms with E-state index in [4.69, 9.17) is 9.47 Å². The van der Waals surface area contributed by atoms with Gasteiger partial charge in [0, 0.05) is 7.11 Å². The lowest BCUT2D eigenvalue weighted by Crippen LogP contribution is -2.46. The minimum absolute atomic E-state index is 0.0713. The third-order valence-corrected chi connectivity index (χ3v) is 3.52. The number of ether oxygens (including phenoxy) is 2. The van der Waals surface area contributed by atoms with Gasteiger partial charge in [-0.25, -0.2) is 4.79 Å². The predicted molar refractivity (Wildman–Crippen MR) is 72.8 cm³/mol. The molecule has 4 heteroatoms. The average Bonchev–Trinajstić information content (AvgIpc) is 2.47. The first-order valence-corrected chi connectivity index (χ1v) is 6.79. The molecule has 0 unspecified atom stereocenters. The van der Waals surface area contributed by atoms with Gasteiger partial charge in [-0.3, -0.25) is 0 Å². The normalized spacial score (nSPS) is 22.8. The van der Waals surface area contributed by atoms with E-state index < -0.39 is 0 Å². The molecular formula is C15H21NO3. The molecule has 1 aliphatic carbocycles. The van der Waals surface area contributed by atoms with Crippen LogP contribution in [0.25, 0.3) is 0 Å². The van der Waals surface area contributed by atoms with Crippen molar-refractivity contribution < 1.29 is 14.3 Å². The second kappa shape index (κ2) is 7.14. The molecule has 2 rings (SSSR count). The van der Waals surface area contributed by atoms with Gasteiger partial charge in [0.1, 0.15) is 6.61 Å². The van der Waals surface area contributed by atoms with Crippen LogP contribution in [-0.2, 0) is 16.1 Å². The molecule has 4 nitrogen and oxygen atoms in total. The molecule has 0 heterocycles. The Morgan fingerprint density at radius 3 is 2.74 bits per heavy atom. The van der Waals surface area contributed by atoms with Crippen LogP contribution >= 0.6 is 0 Å². The minimum Gasteiger partial charge on any atom is -0.445 e. The van der Waals surface area contributed by atoms with Crippen LogP contribution in [0.5, 0.6) is 0 Å². The van der Waals surface area contributed by atoms with E-state index in [-0.39, 0.29) is 18.2 Å². The lowest BCUT2D eigenvalue weighted by molar-refractivity contribution is 0.0383. The van der Waals surface area contributed by atoms with Crippen molar-refractivity contribution in [3.8, 4) is 0 Å². The summed E-state index contributed by atoms with van der Waals surface area (Å²) in [7, 11) is 1.69. The first-order valence-electron chi connectivity index (χ1n) is 6.79. The lowest BCUT2D eigenvalue weighted by atomic mass is 9.92. The fraction of sp³-hybridized carbons (Fsp3) is 0.533. The highest BCUT2D eigenvalue weighted by Gasteiger charge is 2.26. The fourth-order valence-electron chi connectivity index (χ4n) is 2.46. The van der Waals surface area contributed by atoms with Gasteiger partial charge in [-0.1, -0.05) is 43.2 Å². The molecule has 1 fully saturated rings. The molecule has 19 heavy (non-hydrogen) atoms. The van der Waals surface area contributed by atoms with E-state index in [0.29, 0.717) is 6.61 Å². The van der Waals surface area contributed by atoms with Crippen molar-refractivity contribution in [1.82, 2.24) is 5.32 Å². The van der Waals surface area contributed by atoms with Crippen molar-refractivity contribution in [1.29, 1.82) is 0 Å². The molecule has 0 aromatic heterocycles. The third-order valence-electron chi connectivity index (χ3n) is 3.52. The van der Waals surface area contributed by atoms with E-state index in [0.717, 1.165) is 31.2 Å². The fourth-order valence-corrected chi connectivity index (χ4v) is 2.46. The van der Waals surface area contributed by atoms with Gasteiger partial charge in [0.05, 0.1) is 12.1 Å². The van der Waals surface area contributed by atoms with Crippen LogP contribution in [0.1, 0.15) is 31.2 Å². The highest BCUT2D eigenvalue weighted by Crippen LogP contribution is 2.20. The number of hydrogen-bond acceptors (Lipinski definition) is 3. The van der Waals surface area contributed by atoms with Crippen molar-refractivity contribution in [3.05, 3.63) is 35.9 Å². The molecule has 1 aromatic rings. The first-order chi connectivity index (χ1) is 9.29. The van der Waals surface area contributed by atoms with Gasteiger partial charge in [0.25, 0.3) is 0 Å². The van der Waals surface area contributed by atoms with Crippen LogP contribution in [0.4, 0.5) is 4.79 Å². The SMILES string of the molecule is CO[C@@H]1CCCC[C@H]1NC(=O)OCc1ccccc1. The Hall–Kier alpha value is -1.55. The summed E-state index contributed by atoms with van der Waals surface area (Å²) < 4.78 is 10.6. The lowest BCUT2D eigenvalue weighted by Gasteiger charge is -2.30. The average molecular weight is 263 g/mol. The number of carbonyl (C=O) groups is 1. The summed E-state index contributed by atoms with van der Waals surface area (Å²) in [6, 6.07) is 9.74. The Balaban J connectivity index is 1.77. The maximum Gasteiger partial charge on any atom is 0.407 e. The number of hydrogen-bond donors (Lipinski definition) is 1. The van der Waals surface area contributed by atoms with E-state index in [1.807, 2.05) is 30.3 Å². The zero-order valence-corrected chi connectivity index (χ0v) is 11.3. The van der Waals surface area contributed by atoms with Crippen molar-refractivity contribution >= 4 is 6.09 Å². The standard InChI is InChI=1S/C15H21NO3/c1-18-14-10-6-5-9-13(14)16-15(17)19-11-12-7-3-2-4-8-12/h2-4,7-8,13-14H,5-6,9-11H2,1H3,(H,16,17)/t13-,14-/m1/s1. The molecule has 0 spiro atoms. The summed E-state index contributed by atoms with van der Waals surface area (Å²) in [4.78, 5) is 11.8. The predicted octanol–water partition coefficient (Wildman–Crippen LogP) is 2.87. The molecule has 1 saturated carbocycles. The van der Waals surface area contributed by atoms with Crippen molar-refractivity contribution in [2.45, 2.75) is 44.4 Å². The van der Waals surface area contributed by atoms with Crippen molar-refractivity contribution in [3.63, 3.8) is 0 Å². The maximum atomic E-state index is 11.8. The van der Waals surface area contributed by atoms with Gasteiger partial charge in [-0.2, -0.15) is 0 Å². The number of carbonyl (C=O) groups excluding carboxylic acids is 1. The van der Waals surface area contributed by atoms with Crippen LogP contribution < -0.4 is 5.32 Å². The molecular weight excluding hydrogens is 242 g/mol. The molecule has 0 bridgehead atoms. The minimum atomic E-state index is -0.363. The summed E-state index contributed by atoms with van der Waals surface area (Å²) >= 11 is 0. The first kappa shape index (κ1) is 13.9. The molecule has 2 atom stereocenters. The third kappa shape index (κ3) is 4.24. The summed E-state index contributed by atoms with van der Waals surface area (Å²) in [5.74, 6) is 0. The van der Waals surface area contributed by atoms with Crippen LogP contribution in [0.15, 0.2) is 30.3 Å². The second-order valence-electron chi connectivity index (χ2n) is 4.87. The number of methoxy groups -OCH3 is 1. The zero-order valence-electron chi connectivity index (χ0n) is 11.3. The van der Waals surface area contributed by atoms with Crippen molar-refractivity contribution in [2.75, 3.05) is 7.11 Å². The van der Waals surface area contributed by atoms with Crippen LogP contribution in [0.2, 0.25) is 0 Å². The Morgan fingerprint density at radius 1 is 1.26 bits per heavy atom. The Bertz CT molecular complexity index is 394. The molecule has 1 N–H and O–H groups in total. The quantitative estimate of drug-likeness (QED) is 0.908. The number of benzene rings is 1. The Kier molecular flexibility index (Phi) is 5.21. The summed E-state index contributed by atoms with van der Waals surface area (Å²) in [5.41, 5.74) is 0.990. The maximum absolute atomic E-state index is 11.8. The molecule has 0 aliphatic heterocycles. The topological polar surface area (TPSA) is 47.6 Å². The highest BCUT2D eigenvalue weighted by molar-refractivity contribution is 5.67. The molecule has 104 valence electrons. The van der Waals surface area contributed by atoms with E-state index in [1.165, 1.54) is 0 Å². The summed E-state index contributed by atoms with van der Waals surface area (Å²) in [6.07, 6.45) is 3.99. The molecule has 1 aliphatic rings. The van der Waals surface area contributed by atoms with Gasteiger partial charge < -0.3 is 14.8 Å². The Labute approximate surface area is 114 Å². The molecule has 1 aromatic carbocycles. The van der Waals surface area contributed by atoms with E-state index in [2.05, 4.69) is 5.32 Å². The van der Waals surface area contributed by atoms with Crippen molar-refractivity contribution in [2.24, 2.45) is 0 Å². The van der Waals surface area contributed by atoms with Gasteiger partial charge in [-0.05, 0) is 18.4 Å². The molecule has 1 amide bonds. The summed E-state index contributed by atoms with van der Waals surface area (Å²) in [5, 5.41) is 2.90. The highest BCUT2D eigenvalue weighted by atomic mass is 16.5. The van der Waals surface area contributed by atoms with Gasteiger partial charge >= 0.3 is 6.09 Å². The second-order valence-corrected chi connectivity index (χ2v) is 4.87. The number of amides is 1. The number of rotatable bonds is 4. The van der Waals surface area contributed by atoms with Gasteiger partial charge in [0.15, 0.2) is 0 Å². The molecule has 0 radical (unpaired) electrons. The largest absolute Gasteiger partial charge is 0.445 e. The van der Waals surface area contributed by atoms with Crippen LogP contribution in [0, 0.1) is 0 Å².